The molecule has 6 heteroatoms. The van der Waals surface area contributed by atoms with Gasteiger partial charge in [0.25, 0.3) is 0 Å². The lowest BCUT2D eigenvalue weighted by atomic mass is 10.1. The minimum atomic E-state index is -4.31. The van der Waals surface area contributed by atoms with Crippen molar-refractivity contribution in [3.8, 4) is 0 Å². The van der Waals surface area contributed by atoms with Gasteiger partial charge in [-0.3, -0.25) is 0 Å². The van der Waals surface area contributed by atoms with Gasteiger partial charge < -0.3 is 10.2 Å². The van der Waals surface area contributed by atoms with Crippen molar-refractivity contribution in [2.75, 3.05) is 6.54 Å². The van der Waals surface area contributed by atoms with E-state index in [-0.39, 0.29) is 0 Å². The molecule has 0 bridgehead atoms. The summed E-state index contributed by atoms with van der Waals surface area (Å²) in [6.45, 7) is 0.467. The zero-order valence-corrected chi connectivity index (χ0v) is 10.1. The molecule has 2 rings (SSSR count). The summed E-state index contributed by atoms with van der Waals surface area (Å²) in [5.41, 5.74) is 5.44. The van der Waals surface area contributed by atoms with Crippen LogP contribution in [-0.4, -0.2) is 11.5 Å². The summed E-state index contributed by atoms with van der Waals surface area (Å²) in [6, 6.07) is 4.96. The molecule has 0 fully saturated rings. The van der Waals surface area contributed by atoms with Crippen LogP contribution in [0.15, 0.2) is 34.9 Å². The Bertz CT molecular complexity index is 532. The highest BCUT2D eigenvalue weighted by molar-refractivity contribution is 5.26. The van der Waals surface area contributed by atoms with E-state index >= 15 is 0 Å². The van der Waals surface area contributed by atoms with Gasteiger partial charge in [-0.05, 0) is 24.2 Å². The van der Waals surface area contributed by atoms with Crippen molar-refractivity contribution in [3.63, 3.8) is 0 Å². The maximum atomic E-state index is 12.4. The van der Waals surface area contributed by atoms with Crippen molar-refractivity contribution in [2.24, 2.45) is 5.73 Å². The summed E-state index contributed by atoms with van der Waals surface area (Å²) >= 11 is 0. The quantitative estimate of drug-likeness (QED) is 0.929. The number of nitrogens with two attached hydrogens (primary N) is 1. The number of hydrogen-bond donors (Lipinski definition) is 1. The third kappa shape index (κ3) is 3.57. The van der Waals surface area contributed by atoms with Gasteiger partial charge in [-0.2, -0.15) is 13.2 Å². The van der Waals surface area contributed by atoms with Crippen LogP contribution in [0.4, 0.5) is 13.2 Å². The van der Waals surface area contributed by atoms with Gasteiger partial charge in [-0.1, -0.05) is 12.1 Å². The van der Waals surface area contributed by atoms with Crippen LogP contribution >= 0.6 is 0 Å². The highest BCUT2D eigenvalue weighted by Gasteiger charge is 2.29. The Hall–Kier alpha value is -1.82. The molecule has 0 unspecified atom stereocenters. The Labute approximate surface area is 108 Å². The molecule has 3 nitrogen and oxygen atoms in total. The van der Waals surface area contributed by atoms with E-state index in [0.29, 0.717) is 36.6 Å². The number of nitrogens with zero attached hydrogens (tertiary/aromatic N) is 1. The van der Waals surface area contributed by atoms with Crippen molar-refractivity contribution >= 4 is 0 Å². The molecule has 0 aliphatic rings. The Morgan fingerprint density at radius 1 is 1.16 bits per heavy atom. The lowest BCUT2D eigenvalue weighted by molar-refractivity contribution is -0.137. The SMILES string of the molecule is NCCc1cnc(Cc2ccc(C(F)(F)F)cc2)o1. The summed E-state index contributed by atoms with van der Waals surface area (Å²) in [5, 5.41) is 0. The Kier molecular flexibility index (Phi) is 3.90. The molecular weight excluding hydrogens is 257 g/mol. The van der Waals surface area contributed by atoms with Gasteiger partial charge in [0.05, 0.1) is 11.8 Å². The number of aromatic nitrogens is 1. The van der Waals surface area contributed by atoms with E-state index < -0.39 is 11.7 Å². The first kappa shape index (κ1) is 13.6. The van der Waals surface area contributed by atoms with E-state index in [2.05, 4.69) is 4.98 Å². The molecule has 1 aromatic carbocycles. The van der Waals surface area contributed by atoms with Crippen molar-refractivity contribution in [3.05, 3.63) is 53.2 Å². The molecule has 0 aliphatic carbocycles. The van der Waals surface area contributed by atoms with Crippen molar-refractivity contribution in [1.82, 2.24) is 4.98 Å². The largest absolute Gasteiger partial charge is 0.445 e. The molecule has 0 amide bonds. The van der Waals surface area contributed by atoms with Gasteiger partial charge in [0.15, 0.2) is 5.89 Å². The second-order valence-electron chi connectivity index (χ2n) is 4.13. The Morgan fingerprint density at radius 2 is 1.84 bits per heavy atom. The van der Waals surface area contributed by atoms with Crippen LogP contribution in [0.2, 0.25) is 0 Å². The van der Waals surface area contributed by atoms with Crippen molar-refractivity contribution < 1.29 is 17.6 Å². The number of halogens is 3. The zero-order chi connectivity index (χ0) is 13.9. The lowest BCUT2D eigenvalue weighted by Gasteiger charge is -2.06. The molecule has 0 spiro atoms. The van der Waals surface area contributed by atoms with E-state index in [0.717, 1.165) is 12.1 Å². The summed E-state index contributed by atoms with van der Waals surface area (Å²) in [4.78, 5) is 4.06. The Balaban J connectivity index is 2.06. The number of hydrogen-bond acceptors (Lipinski definition) is 3. The van der Waals surface area contributed by atoms with Crippen LogP contribution in [0.1, 0.15) is 22.8 Å². The topological polar surface area (TPSA) is 52.0 Å². The van der Waals surface area contributed by atoms with Crippen LogP contribution in [0, 0.1) is 0 Å². The molecule has 1 heterocycles. The maximum Gasteiger partial charge on any atom is 0.416 e. The number of alkyl halides is 3. The second kappa shape index (κ2) is 5.44. The van der Waals surface area contributed by atoms with E-state index in [1.807, 2.05) is 0 Å². The van der Waals surface area contributed by atoms with Crippen LogP contribution in [-0.2, 0) is 19.0 Å². The van der Waals surface area contributed by atoms with E-state index in [1.54, 1.807) is 6.20 Å². The third-order valence-corrected chi connectivity index (χ3v) is 2.63. The van der Waals surface area contributed by atoms with Crippen LogP contribution in [0.5, 0.6) is 0 Å². The first-order valence-corrected chi connectivity index (χ1v) is 5.79. The van der Waals surface area contributed by atoms with Gasteiger partial charge in [0.1, 0.15) is 5.76 Å². The molecule has 0 saturated carbocycles. The number of rotatable bonds is 4. The first-order valence-electron chi connectivity index (χ1n) is 5.79. The predicted octanol–water partition coefficient (Wildman–Crippen LogP) is 2.79. The summed E-state index contributed by atoms with van der Waals surface area (Å²) in [6.07, 6.45) is -1.76. The summed E-state index contributed by atoms with van der Waals surface area (Å²) < 4.78 is 42.6. The molecule has 0 atom stereocenters. The predicted molar refractivity (Wildman–Crippen MR) is 63.5 cm³/mol. The normalized spacial score (nSPS) is 11.8. The van der Waals surface area contributed by atoms with Crippen molar-refractivity contribution in [2.45, 2.75) is 19.0 Å². The van der Waals surface area contributed by atoms with Crippen LogP contribution in [0.3, 0.4) is 0 Å². The maximum absolute atomic E-state index is 12.4. The average Bonchev–Trinajstić information content (AvgIpc) is 2.77. The van der Waals surface area contributed by atoms with Crippen molar-refractivity contribution in [1.29, 1.82) is 0 Å². The minimum absolute atomic E-state index is 0.364. The number of benzene rings is 1. The molecule has 0 radical (unpaired) electrons. The molecule has 2 N–H and O–H groups in total. The molecule has 0 aliphatic heterocycles. The van der Waals surface area contributed by atoms with Gasteiger partial charge in [0.2, 0.25) is 0 Å². The smallest absolute Gasteiger partial charge is 0.416 e. The zero-order valence-electron chi connectivity index (χ0n) is 10.1. The first-order chi connectivity index (χ1) is 8.99. The second-order valence-corrected chi connectivity index (χ2v) is 4.13. The fraction of sp³-hybridized carbons (Fsp3) is 0.308. The fourth-order valence-corrected chi connectivity index (χ4v) is 1.67. The monoisotopic (exact) mass is 270 g/mol. The summed E-state index contributed by atoms with van der Waals surface area (Å²) in [5.74, 6) is 1.16. The summed E-state index contributed by atoms with van der Waals surface area (Å²) in [7, 11) is 0. The van der Waals surface area contributed by atoms with Crippen LogP contribution in [0.25, 0.3) is 0 Å². The fourth-order valence-electron chi connectivity index (χ4n) is 1.67. The Morgan fingerprint density at radius 3 is 2.42 bits per heavy atom. The molecule has 2 aromatic rings. The lowest BCUT2D eigenvalue weighted by Crippen LogP contribution is -2.04. The van der Waals surface area contributed by atoms with Gasteiger partial charge in [-0.15, -0.1) is 0 Å². The molecule has 19 heavy (non-hydrogen) atoms. The molecule has 1 aromatic heterocycles. The average molecular weight is 270 g/mol. The van der Waals surface area contributed by atoms with Gasteiger partial charge in [0, 0.05) is 12.8 Å². The van der Waals surface area contributed by atoms with E-state index in [4.69, 9.17) is 10.2 Å². The van der Waals surface area contributed by atoms with Gasteiger partial charge in [-0.25, -0.2) is 4.98 Å². The highest BCUT2D eigenvalue weighted by atomic mass is 19.4. The minimum Gasteiger partial charge on any atom is -0.445 e. The van der Waals surface area contributed by atoms with E-state index in [1.165, 1.54) is 12.1 Å². The van der Waals surface area contributed by atoms with E-state index in [9.17, 15) is 13.2 Å². The van der Waals surface area contributed by atoms with Crippen LogP contribution < -0.4 is 5.73 Å². The molecule has 102 valence electrons. The van der Waals surface area contributed by atoms with Gasteiger partial charge >= 0.3 is 6.18 Å². The highest BCUT2D eigenvalue weighted by Crippen LogP contribution is 2.29. The molecular formula is C13H13F3N2O. The standard InChI is InChI=1S/C13H13F3N2O/c14-13(15,16)10-3-1-9(2-4-10)7-12-18-8-11(19-12)5-6-17/h1-4,8H,5-7,17H2. The third-order valence-electron chi connectivity index (χ3n) is 2.63. The number of oxazole rings is 1. The molecule has 0 saturated heterocycles.